The van der Waals surface area contributed by atoms with Crippen LogP contribution >= 0.6 is 0 Å². The zero-order chi connectivity index (χ0) is 8.27. The molecule has 1 aliphatic rings. The normalized spacial score (nSPS) is 22.9. The molecule has 11 heavy (non-hydrogen) atoms. The van der Waals surface area contributed by atoms with Gasteiger partial charge in [-0.1, -0.05) is 0 Å². The van der Waals surface area contributed by atoms with Gasteiger partial charge >= 0.3 is 0 Å². The van der Waals surface area contributed by atoms with Crippen LogP contribution in [0.1, 0.15) is 13.8 Å². The molecule has 65 valence electrons. The van der Waals surface area contributed by atoms with Crippen molar-refractivity contribution >= 4 is 0 Å². The van der Waals surface area contributed by atoms with E-state index in [0.29, 0.717) is 6.04 Å². The highest BCUT2D eigenvalue weighted by Crippen LogP contribution is 2.04. The number of hydrogen-bond donors (Lipinski definition) is 0. The average Bonchev–Trinajstić information content (AvgIpc) is 2.05. The summed E-state index contributed by atoms with van der Waals surface area (Å²) in [7, 11) is 0. The molecule has 0 aromatic rings. The van der Waals surface area contributed by atoms with Crippen molar-refractivity contribution in [2.45, 2.75) is 19.9 Å². The van der Waals surface area contributed by atoms with Gasteiger partial charge in [-0.2, -0.15) is 0 Å². The van der Waals surface area contributed by atoms with E-state index in [4.69, 9.17) is 0 Å². The highest BCUT2D eigenvalue weighted by atomic mass is 16.3. The second-order valence-corrected chi connectivity index (χ2v) is 3.38. The Balaban J connectivity index is 2.24. The van der Waals surface area contributed by atoms with Crippen molar-refractivity contribution in [3.63, 3.8) is 0 Å². The van der Waals surface area contributed by atoms with Crippen molar-refractivity contribution < 1.29 is 5.11 Å². The highest BCUT2D eigenvalue weighted by Gasteiger charge is 2.17. The summed E-state index contributed by atoms with van der Waals surface area (Å²) in [6, 6.07) is 0.629. The summed E-state index contributed by atoms with van der Waals surface area (Å²) in [5.41, 5.74) is 0. The van der Waals surface area contributed by atoms with Gasteiger partial charge in [0.25, 0.3) is 0 Å². The zero-order valence-corrected chi connectivity index (χ0v) is 7.42. The number of nitrogens with zero attached hydrogens (tertiary/aromatic N) is 2. The monoisotopic (exact) mass is 157 g/mol. The summed E-state index contributed by atoms with van der Waals surface area (Å²) in [6.45, 7) is 8.37. The average molecular weight is 157 g/mol. The third kappa shape index (κ3) is 2.43. The molecule has 0 bridgehead atoms. The van der Waals surface area contributed by atoms with E-state index in [-0.39, 0.29) is 6.73 Å². The fourth-order valence-corrected chi connectivity index (χ4v) is 1.41. The molecule has 0 aliphatic carbocycles. The zero-order valence-electron chi connectivity index (χ0n) is 7.42. The maximum absolute atomic E-state index is 10.5. The van der Waals surface area contributed by atoms with Gasteiger partial charge in [0.15, 0.2) is 0 Å². The van der Waals surface area contributed by atoms with E-state index in [2.05, 4.69) is 18.7 Å². The van der Waals surface area contributed by atoms with Gasteiger partial charge in [-0.05, 0) is 13.8 Å². The minimum Gasteiger partial charge on any atom is -0.298 e. The molecule has 3 nitrogen and oxygen atoms in total. The fraction of sp³-hybridized carbons (Fsp3) is 1.00. The molecule has 1 rings (SSSR count). The second kappa shape index (κ2) is 4.04. The summed E-state index contributed by atoms with van der Waals surface area (Å²) in [6.07, 6.45) is 0. The summed E-state index contributed by atoms with van der Waals surface area (Å²) < 4.78 is 0. The first-order chi connectivity index (χ1) is 5.24. The van der Waals surface area contributed by atoms with Crippen LogP contribution < -0.4 is 0 Å². The van der Waals surface area contributed by atoms with Crippen molar-refractivity contribution in [2.75, 3.05) is 32.9 Å². The first-order valence-electron chi connectivity index (χ1n) is 4.28. The van der Waals surface area contributed by atoms with Crippen molar-refractivity contribution in [1.82, 2.24) is 9.80 Å². The minimum atomic E-state index is -0.0358. The molecule has 0 saturated carbocycles. The van der Waals surface area contributed by atoms with Crippen LogP contribution in [0.5, 0.6) is 0 Å². The molecule has 3 heteroatoms. The lowest BCUT2D eigenvalue weighted by Crippen LogP contribution is -2.48. The van der Waals surface area contributed by atoms with E-state index in [0.717, 1.165) is 26.2 Å². The number of hydrogen-bond acceptors (Lipinski definition) is 2. The number of piperazine rings is 1. The van der Waals surface area contributed by atoms with Gasteiger partial charge < -0.3 is 0 Å². The van der Waals surface area contributed by atoms with Crippen LogP contribution in [0.2, 0.25) is 0 Å². The lowest BCUT2D eigenvalue weighted by Gasteiger charge is -2.35. The Hall–Kier alpha value is -0.120. The lowest BCUT2D eigenvalue weighted by atomic mass is 10.2. The molecule has 0 spiro atoms. The van der Waals surface area contributed by atoms with Gasteiger partial charge in [-0.3, -0.25) is 9.80 Å². The second-order valence-electron chi connectivity index (χ2n) is 3.38. The van der Waals surface area contributed by atoms with E-state index < -0.39 is 0 Å². The van der Waals surface area contributed by atoms with Crippen LogP contribution in [0.25, 0.3) is 0 Å². The molecule has 1 radical (unpaired) electrons. The first kappa shape index (κ1) is 8.97. The van der Waals surface area contributed by atoms with Gasteiger partial charge in [0.2, 0.25) is 0 Å². The molecule has 0 atom stereocenters. The highest BCUT2D eigenvalue weighted by molar-refractivity contribution is 4.72. The van der Waals surface area contributed by atoms with E-state index in [1.165, 1.54) is 0 Å². The smallest absolute Gasteiger partial charge is 0.135 e. The molecular formula is C8H17N2O. The molecular weight excluding hydrogens is 140 g/mol. The summed E-state index contributed by atoms with van der Waals surface area (Å²) in [4.78, 5) is 4.37. The van der Waals surface area contributed by atoms with Crippen LogP contribution in [0.15, 0.2) is 0 Å². The van der Waals surface area contributed by atoms with Gasteiger partial charge in [-0.25, -0.2) is 5.11 Å². The molecule has 0 amide bonds. The molecule has 1 heterocycles. The van der Waals surface area contributed by atoms with E-state index in [1.54, 1.807) is 0 Å². The minimum absolute atomic E-state index is 0.0358. The molecule has 0 aromatic heterocycles. The van der Waals surface area contributed by atoms with Crippen molar-refractivity contribution in [1.29, 1.82) is 0 Å². The third-order valence-electron chi connectivity index (χ3n) is 2.32. The Morgan fingerprint density at radius 1 is 1.18 bits per heavy atom. The Morgan fingerprint density at radius 2 is 1.73 bits per heavy atom. The summed E-state index contributed by atoms with van der Waals surface area (Å²) in [5.74, 6) is 0. The van der Waals surface area contributed by atoms with Crippen LogP contribution in [-0.2, 0) is 5.11 Å². The molecule has 1 saturated heterocycles. The molecule has 0 N–H and O–H groups in total. The van der Waals surface area contributed by atoms with Gasteiger partial charge in [0, 0.05) is 32.2 Å². The van der Waals surface area contributed by atoms with Crippen molar-refractivity contribution in [3.05, 3.63) is 0 Å². The topological polar surface area (TPSA) is 26.4 Å². The molecule has 1 fully saturated rings. The van der Waals surface area contributed by atoms with Crippen molar-refractivity contribution in [3.8, 4) is 0 Å². The Labute approximate surface area is 68.6 Å². The summed E-state index contributed by atoms with van der Waals surface area (Å²) in [5, 5.41) is 10.5. The van der Waals surface area contributed by atoms with Crippen LogP contribution in [-0.4, -0.2) is 48.8 Å². The van der Waals surface area contributed by atoms with E-state index >= 15 is 0 Å². The summed E-state index contributed by atoms with van der Waals surface area (Å²) >= 11 is 0. The predicted molar refractivity (Wildman–Crippen MR) is 43.8 cm³/mol. The van der Waals surface area contributed by atoms with Gasteiger partial charge in [-0.15, -0.1) is 0 Å². The predicted octanol–water partition coefficient (Wildman–Crippen LogP) is 0.400. The Kier molecular flexibility index (Phi) is 3.30. The fourth-order valence-electron chi connectivity index (χ4n) is 1.41. The quantitative estimate of drug-likeness (QED) is 0.580. The molecule has 1 aliphatic heterocycles. The standard InChI is InChI=1S/C8H17N2O/c1-8(2)10-5-3-9(7-11)4-6-10/h8H,3-7H2,1-2H3. The van der Waals surface area contributed by atoms with Gasteiger partial charge in [0.05, 0.1) is 0 Å². The van der Waals surface area contributed by atoms with Crippen LogP contribution in [0.3, 0.4) is 0 Å². The Bertz CT molecular complexity index is 109. The first-order valence-corrected chi connectivity index (χ1v) is 4.28. The maximum Gasteiger partial charge on any atom is 0.135 e. The van der Waals surface area contributed by atoms with Crippen LogP contribution in [0.4, 0.5) is 0 Å². The van der Waals surface area contributed by atoms with Crippen molar-refractivity contribution in [2.24, 2.45) is 0 Å². The van der Waals surface area contributed by atoms with E-state index in [9.17, 15) is 5.11 Å². The Morgan fingerprint density at radius 3 is 2.09 bits per heavy atom. The largest absolute Gasteiger partial charge is 0.298 e. The van der Waals surface area contributed by atoms with Gasteiger partial charge in [0.1, 0.15) is 6.73 Å². The lowest BCUT2D eigenvalue weighted by molar-refractivity contribution is 0.0101. The van der Waals surface area contributed by atoms with Crippen LogP contribution in [0, 0.1) is 0 Å². The van der Waals surface area contributed by atoms with E-state index in [1.807, 2.05) is 4.90 Å². The SMILES string of the molecule is CC(C)N1CCN(C[O])CC1. The number of rotatable bonds is 2. The molecule has 0 aromatic carbocycles. The molecule has 0 unspecified atom stereocenters. The third-order valence-corrected chi connectivity index (χ3v) is 2.32. The maximum atomic E-state index is 10.5.